The molecule has 130 valence electrons. The summed E-state index contributed by atoms with van der Waals surface area (Å²) < 4.78 is 0. The molecule has 1 saturated heterocycles. The van der Waals surface area contributed by atoms with E-state index in [9.17, 15) is 9.59 Å². The van der Waals surface area contributed by atoms with Crippen molar-refractivity contribution in [1.29, 1.82) is 0 Å². The number of rotatable bonds is 3. The molecule has 25 heavy (non-hydrogen) atoms. The fraction of sp³-hybridized carbons (Fsp3) is 0.421. The second-order valence-corrected chi connectivity index (χ2v) is 6.80. The number of amides is 2. The molecular weight excluding hydrogens is 316 g/mol. The van der Waals surface area contributed by atoms with E-state index in [-0.39, 0.29) is 18.4 Å². The highest BCUT2D eigenvalue weighted by atomic mass is 16.2. The number of aryl methyl sites for hydroxylation is 1. The second kappa shape index (κ2) is 6.70. The Morgan fingerprint density at radius 2 is 2.12 bits per heavy atom. The lowest BCUT2D eigenvalue weighted by Crippen LogP contribution is -2.47. The zero-order valence-corrected chi connectivity index (χ0v) is 14.1. The predicted octanol–water partition coefficient (Wildman–Crippen LogP) is 2.10. The van der Waals surface area contributed by atoms with Crippen molar-refractivity contribution in [2.24, 2.45) is 0 Å². The van der Waals surface area contributed by atoms with Gasteiger partial charge in [0.15, 0.2) is 0 Å². The number of aromatic amines is 1. The van der Waals surface area contributed by atoms with E-state index >= 15 is 0 Å². The first-order chi connectivity index (χ1) is 12.2. The van der Waals surface area contributed by atoms with Crippen molar-refractivity contribution in [2.45, 2.75) is 31.6 Å². The standard InChI is InChI=1S/C19H22N4O2/c24-18-8-7-14-4-1-2-6-17(14)23(18)13-19(25)22-11-3-5-15(12-22)16-9-10-20-21-16/h1-2,4,6,9-10,15H,3,5,7-8,11-13H2,(H,20,21)/t15-/m1/s1. The van der Waals surface area contributed by atoms with Crippen LogP contribution in [0.2, 0.25) is 0 Å². The third kappa shape index (κ3) is 3.16. The molecule has 4 rings (SSSR count). The number of nitrogens with one attached hydrogen (secondary N) is 1. The molecule has 1 aromatic heterocycles. The number of aromatic nitrogens is 2. The molecule has 6 heteroatoms. The zero-order valence-electron chi connectivity index (χ0n) is 14.1. The SMILES string of the molecule is O=C(CN1C(=O)CCc2ccccc21)N1CCC[C@@H](c2ccn[nH]2)C1. The summed E-state index contributed by atoms with van der Waals surface area (Å²) in [6.07, 6.45) is 5.00. The summed E-state index contributed by atoms with van der Waals surface area (Å²) in [5, 5.41) is 7.03. The van der Waals surface area contributed by atoms with Crippen molar-refractivity contribution >= 4 is 17.5 Å². The molecule has 0 radical (unpaired) electrons. The van der Waals surface area contributed by atoms with Crippen LogP contribution < -0.4 is 4.90 Å². The van der Waals surface area contributed by atoms with Crippen LogP contribution >= 0.6 is 0 Å². The molecule has 2 aliphatic rings. The highest BCUT2D eigenvalue weighted by Gasteiger charge is 2.30. The maximum atomic E-state index is 12.8. The van der Waals surface area contributed by atoms with Gasteiger partial charge in [-0.3, -0.25) is 14.7 Å². The van der Waals surface area contributed by atoms with E-state index in [1.54, 1.807) is 11.1 Å². The number of benzene rings is 1. The van der Waals surface area contributed by atoms with E-state index in [2.05, 4.69) is 10.2 Å². The van der Waals surface area contributed by atoms with Crippen LogP contribution in [0.3, 0.4) is 0 Å². The molecule has 0 aliphatic carbocycles. The van der Waals surface area contributed by atoms with Crippen LogP contribution in [0.25, 0.3) is 0 Å². The molecule has 0 saturated carbocycles. The number of carbonyl (C=O) groups is 2. The van der Waals surface area contributed by atoms with Gasteiger partial charge < -0.3 is 9.80 Å². The van der Waals surface area contributed by atoms with Gasteiger partial charge in [-0.2, -0.15) is 5.10 Å². The van der Waals surface area contributed by atoms with Crippen molar-refractivity contribution < 1.29 is 9.59 Å². The number of H-pyrrole nitrogens is 1. The van der Waals surface area contributed by atoms with E-state index in [1.807, 2.05) is 35.2 Å². The van der Waals surface area contributed by atoms with Gasteiger partial charge in [-0.1, -0.05) is 18.2 Å². The Kier molecular flexibility index (Phi) is 4.26. The molecule has 3 heterocycles. The molecule has 0 unspecified atom stereocenters. The van der Waals surface area contributed by atoms with Crippen molar-refractivity contribution in [1.82, 2.24) is 15.1 Å². The summed E-state index contributed by atoms with van der Waals surface area (Å²) in [7, 11) is 0. The second-order valence-electron chi connectivity index (χ2n) is 6.80. The first-order valence-corrected chi connectivity index (χ1v) is 8.87. The number of anilines is 1. The van der Waals surface area contributed by atoms with Crippen LogP contribution in [0, 0.1) is 0 Å². The van der Waals surface area contributed by atoms with Gasteiger partial charge in [0.1, 0.15) is 6.54 Å². The number of para-hydroxylation sites is 1. The molecule has 0 spiro atoms. The van der Waals surface area contributed by atoms with Gasteiger partial charge in [0.25, 0.3) is 0 Å². The Balaban J connectivity index is 1.47. The Morgan fingerprint density at radius 3 is 2.96 bits per heavy atom. The molecule has 2 amide bonds. The fourth-order valence-corrected chi connectivity index (χ4v) is 3.86. The number of likely N-dealkylation sites (tertiary alicyclic amines) is 1. The quantitative estimate of drug-likeness (QED) is 0.932. The molecule has 1 aromatic carbocycles. The average Bonchev–Trinajstić information content (AvgIpc) is 3.19. The van der Waals surface area contributed by atoms with Gasteiger partial charge >= 0.3 is 0 Å². The molecule has 2 aliphatic heterocycles. The Hall–Kier alpha value is -2.63. The largest absolute Gasteiger partial charge is 0.340 e. The monoisotopic (exact) mass is 338 g/mol. The van der Waals surface area contributed by atoms with Gasteiger partial charge in [0.05, 0.1) is 0 Å². The van der Waals surface area contributed by atoms with Crippen molar-refractivity contribution in [2.75, 3.05) is 24.5 Å². The summed E-state index contributed by atoms with van der Waals surface area (Å²) in [5.41, 5.74) is 3.11. The van der Waals surface area contributed by atoms with Gasteiger partial charge in [-0.25, -0.2) is 0 Å². The number of carbonyl (C=O) groups excluding carboxylic acids is 2. The maximum absolute atomic E-state index is 12.8. The molecule has 1 atom stereocenters. The molecule has 1 N–H and O–H groups in total. The minimum absolute atomic E-state index is 0.0225. The summed E-state index contributed by atoms with van der Waals surface area (Å²) >= 11 is 0. The number of hydrogen-bond donors (Lipinski definition) is 1. The summed E-state index contributed by atoms with van der Waals surface area (Å²) in [5.74, 6) is 0.355. The van der Waals surface area contributed by atoms with Crippen molar-refractivity contribution in [3.05, 3.63) is 47.8 Å². The highest BCUT2D eigenvalue weighted by molar-refractivity contribution is 6.01. The lowest BCUT2D eigenvalue weighted by atomic mass is 9.95. The van der Waals surface area contributed by atoms with Gasteiger partial charge in [0.2, 0.25) is 11.8 Å². The number of hydrogen-bond acceptors (Lipinski definition) is 3. The van der Waals surface area contributed by atoms with Crippen LogP contribution in [-0.4, -0.2) is 46.5 Å². The van der Waals surface area contributed by atoms with E-state index in [0.29, 0.717) is 18.9 Å². The van der Waals surface area contributed by atoms with Crippen LogP contribution in [0.15, 0.2) is 36.5 Å². The van der Waals surface area contributed by atoms with Crippen LogP contribution in [0.4, 0.5) is 5.69 Å². The van der Waals surface area contributed by atoms with E-state index in [1.165, 1.54) is 0 Å². The van der Waals surface area contributed by atoms with Crippen LogP contribution in [0.5, 0.6) is 0 Å². The van der Waals surface area contributed by atoms with Crippen molar-refractivity contribution in [3.8, 4) is 0 Å². The lowest BCUT2D eigenvalue weighted by molar-refractivity contribution is -0.132. The molecular formula is C19H22N4O2. The van der Waals surface area contributed by atoms with E-state index < -0.39 is 0 Å². The fourth-order valence-electron chi connectivity index (χ4n) is 3.86. The average molecular weight is 338 g/mol. The minimum Gasteiger partial charge on any atom is -0.340 e. The maximum Gasteiger partial charge on any atom is 0.242 e. The Bertz CT molecular complexity index is 771. The molecule has 1 fully saturated rings. The highest BCUT2D eigenvalue weighted by Crippen LogP contribution is 2.29. The number of piperidine rings is 1. The predicted molar refractivity (Wildman–Crippen MR) is 94.3 cm³/mol. The van der Waals surface area contributed by atoms with Crippen LogP contribution in [0.1, 0.15) is 36.4 Å². The van der Waals surface area contributed by atoms with Gasteiger partial charge in [0, 0.05) is 43.0 Å². The van der Waals surface area contributed by atoms with E-state index in [4.69, 9.17) is 0 Å². The topological polar surface area (TPSA) is 69.3 Å². The van der Waals surface area contributed by atoms with E-state index in [0.717, 1.165) is 42.8 Å². The van der Waals surface area contributed by atoms with Gasteiger partial charge in [-0.15, -0.1) is 0 Å². The van der Waals surface area contributed by atoms with Gasteiger partial charge in [-0.05, 0) is 37.0 Å². The first-order valence-electron chi connectivity index (χ1n) is 8.87. The minimum atomic E-state index is 0.0225. The number of fused-ring (bicyclic) bond motifs is 1. The molecule has 0 bridgehead atoms. The molecule has 2 aromatic rings. The normalized spacial score (nSPS) is 20.5. The summed E-state index contributed by atoms with van der Waals surface area (Å²) in [6.45, 7) is 1.57. The third-order valence-corrected chi connectivity index (χ3v) is 5.22. The zero-order chi connectivity index (χ0) is 17.2. The third-order valence-electron chi connectivity index (χ3n) is 5.22. The Morgan fingerprint density at radius 1 is 1.24 bits per heavy atom. The molecule has 6 nitrogen and oxygen atoms in total. The first kappa shape index (κ1) is 15.9. The smallest absolute Gasteiger partial charge is 0.242 e. The number of nitrogens with zero attached hydrogens (tertiary/aromatic N) is 3. The summed E-state index contributed by atoms with van der Waals surface area (Å²) in [6, 6.07) is 9.85. The summed E-state index contributed by atoms with van der Waals surface area (Å²) in [4.78, 5) is 28.8. The Labute approximate surface area is 146 Å². The van der Waals surface area contributed by atoms with Crippen LogP contribution in [-0.2, 0) is 16.0 Å². The lowest BCUT2D eigenvalue weighted by Gasteiger charge is -2.35. The van der Waals surface area contributed by atoms with Crippen molar-refractivity contribution in [3.63, 3.8) is 0 Å².